The summed E-state index contributed by atoms with van der Waals surface area (Å²) in [4.78, 5) is 43.9. The number of piperazine rings is 1. The number of anilines is 2. The number of carbonyl (C=O) groups is 3. The third kappa shape index (κ3) is 5.51. The second-order valence-corrected chi connectivity index (χ2v) is 8.65. The summed E-state index contributed by atoms with van der Waals surface area (Å²) < 4.78 is 10.6. The molecule has 4 rings (SSSR count). The number of furan rings is 1. The molecule has 182 valence electrons. The van der Waals surface area contributed by atoms with E-state index in [4.69, 9.17) is 9.15 Å². The highest BCUT2D eigenvalue weighted by Gasteiger charge is 2.27. The van der Waals surface area contributed by atoms with Gasteiger partial charge in [0.15, 0.2) is 5.76 Å². The predicted molar refractivity (Wildman–Crippen MR) is 127 cm³/mol. The van der Waals surface area contributed by atoms with Crippen LogP contribution in [0.25, 0.3) is 0 Å². The summed E-state index contributed by atoms with van der Waals surface area (Å²) >= 11 is 0. The average molecular weight is 470 g/mol. The monoisotopic (exact) mass is 469 g/mol. The topological polar surface area (TPSA) is 107 Å². The van der Waals surface area contributed by atoms with Crippen LogP contribution >= 0.6 is 0 Å². The zero-order valence-corrected chi connectivity index (χ0v) is 19.6. The third-order valence-corrected chi connectivity index (χ3v) is 5.85. The zero-order valence-electron chi connectivity index (χ0n) is 19.6. The molecule has 2 saturated heterocycles. The third-order valence-electron chi connectivity index (χ3n) is 5.85. The molecule has 2 N–H and O–H groups in total. The quantitative estimate of drug-likeness (QED) is 0.696. The van der Waals surface area contributed by atoms with Gasteiger partial charge in [-0.25, -0.2) is 4.79 Å². The van der Waals surface area contributed by atoms with E-state index in [1.165, 1.54) is 6.26 Å². The molecule has 4 amide bonds. The molecule has 1 aromatic heterocycles. The van der Waals surface area contributed by atoms with E-state index >= 15 is 0 Å². The first-order valence-electron chi connectivity index (χ1n) is 11.6. The molecule has 0 radical (unpaired) electrons. The minimum atomic E-state index is -0.382. The van der Waals surface area contributed by atoms with E-state index in [1.54, 1.807) is 34.1 Å². The second-order valence-electron chi connectivity index (χ2n) is 8.65. The first kappa shape index (κ1) is 23.6. The molecule has 0 unspecified atom stereocenters. The largest absolute Gasteiger partial charge is 0.459 e. The first-order chi connectivity index (χ1) is 16.4. The van der Waals surface area contributed by atoms with Crippen molar-refractivity contribution in [3.8, 4) is 0 Å². The number of nitrogens with one attached hydrogen (secondary N) is 2. The van der Waals surface area contributed by atoms with Crippen LogP contribution < -0.4 is 15.5 Å². The number of amides is 4. The van der Waals surface area contributed by atoms with Gasteiger partial charge in [0, 0.05) is 56.7 Å². The number of benzene rings is 1. The lowest BCUT2D eigenvalue weighted by atomic mass is 10.1. The molecule has 0 atom stereocenters. The summed E-state index contributed by atoms with van der Waals surface area (Å²) in [5, 5.41) is 5.73. The lowest BCUT2D eigenvalue weighted by Crippen LogP contribution is -2.53. The van der Waals surface area contributed by atoms with Crippen molar-refractivity contribution in [2.24, 2.45) is 0 Å². The maximum absolute atomic E-state index is 13.5. The Bertz CT molecular complexity index is 1010. The molecule has 1 aromatic carbocycles. The Balaban J connectivity index is 1.54. The number of nitrogens with zero attached hydrogens (tertiary/aromatic N) is 3. The van der Waals surface area contributed by atoms with Gasteiger partial charge in [-0.05, 0) is 44.2 Å². The van der Waals surface area contributed by atoms with Gasteiger partial charge in [0.2, 0.25) is 0 Å². The highest BCUT2D eigenvalue weighted by molar-refractivity contribution is 6.05. The lowest BCUT2D eigenvalue weighted by Gasteiger charge is -2.37. The molecule has 2 fully saturated rings. The smallest absolute Gasteiger partial charge is 0.317 e. The van der Waals surface area contributed by atoms with Gasteiger partial charge < -0.3 is 34.5 Å². The number of hydrogen-bond acceptors (Lipinski definition) is 6. The van der Waals surface area contributed by atoms with Crippen molar-refractivity contribution in [3.05, 3.63) is 47.9 Å². The Morgan fingerprint density at radius 3 is 2.32 bits per heavy atom. The number of urea groups is 1. The van der Waals surface area contributed by atoms with E-state index in [2.05, 4.69) is 15.5 Å². The van der Waals surface area contributed by atoms with Gasteiger partial charge in [-0.1, -0.05) is 0 Å². The van der Waals surface area contributed by atoms with Gasteiger partial charge in [-0.3, -0.25) is 9.59 Å². The molecule has 2 aromatic rings. The fourth-order valence-electron chi connectivity index (χ4n) is 4.09. The second kappa shape index (κ2) is 10.6. The molecule has 10 heteroatoms. The van der Waals surface area contributed by atoms with Crippen LogP contribution in [0.5, 0.6) is 0 Å². The van der Waals surface area contributed by atoms with Crippen LogP contribution in [0.4, 0.5) is 16.2 Å². The Kier molecular flexibility index (Phi) is 7.36. The van der Waals surface area contributed by atoms with Gasteiger partial charge >= 0.3 is 6.03 Å². The molecule has 34 heavy (non-hydrogen) atoms. The van der Waals surface area contributed by atoms with Crippen LogP contribution in [-0.2, 0) is 4.74 Å². The summed E-state index contributed by atoms with van der Waals surface area (Å²) in [6, 6.07) is 8.58. The highest BCUT2D eigenvalue weighted by atomic mass is 16.5. The van der Waals surface area contributed by atoms with Crippen molar-refractivity contribution in [2.45, 2.75) is 19.9 Å². The highest BCUT2D eigenvalue weighted by Crippen LogP contribution is 2.28. The molecule has 0 bridgehead atoms. The summed E-state index contributed by atoms with van der Waals surface area (Å²) in [5.74, 6) is -0.291. The Labute approximate surface area is 198 Å². The van der Waals surface area contributed by atoms with Crippen molar-refractivity contribution in [2.75, 3.05) is 62.7 Å². The molecule has 0 spiro atoms. The van der Waals surface area contributed by atoms with Crippen LogP contribution in [0.15, 0.2) is 41.0 Å². The van der Waals surface area contributed by atoms with Gasteiger partial charge in [0.25, 0.3) is 11.8 Å². The Hall–Kier alpha value is -3.53. The van der Waals surface area contributed by atoms with Gasteiger partial charge in [-0.2, -0.15) is 0 Å². The van der Waals surface area contributed by atoms with Gasteiger partial charge in [-0.15, -0.1) is 0 Å². The maximum atomic E-state index is 13.5. The Morgan fingerprint density at radius 1 is 0.941 bits per heavy atom. The number of carbonyl (C=O) groups excluding carboxylic acids is 3. The summed E-state index contributed by atoms with van der Waals surface area (Å²) in [7, 11) is 0. The van der Waals surface area contributed by atoms with E-state index in [1.807, 2.05) is 19.9 Å². The molecular weight excluding hydrogens is 438 g/mol. The van der Waals surface area contributed by atoms with E-state index in [9.17, 15) is 14.4 Å². The number of rotatable bonds is 5. The number of ether oxygens (including phenoxy) is 1. The van der Waals surface area contributed by atoms with E-state index in [0.717, 1.165) is 5.69 Å². The van der Waals surface area contributed by atoms with Crippen LogP contribution in [0.1, 0.15) is 34.8 Å². The molecule has 2 aliphatic rings. The predicted octanol–water partition coefficient (Wildman–Crippen LogP) is 2.24. The molecular formula is C24H31N5O5. The van der Waals surface area contributed by atoms with Crippen molar-refractivity contribution in [1.29, 1.82) is 0 Å². The van der Waals surface area contributed by atoms with E-state index < -0.39 is 0 Å². The number of morpholine rings is 1. The molecule has 0 aliphatic carbocycles. The first-order valence-corrected chi connectivity index (χ1v) is 11.6. The van der Waals surface area contributed by atoms with Crippen molar-refractivity contribution >= 4 is 29.2 Å². The normalized spacial score (nSPS) is 16.5. The van der Waals surface area contributed by atoms with Crippen LogP contribution in [0.2, 0.25) is 0 Å². The van der Waals surface area contributed by atoms with Crippen molar-refractivity contribution in [3.63, 3.8) is 0 Å². The van der Waals surface area contributed by atoms with Gasteiger partial charge in [0.05, 0.1) is 25.0 Å². The molecule has 0 saturated carbocycles. The molecule has 3 heterocycles. The zero-order chi connectivity index (χ0) is 24.1. The summed E-state index contributed by atoms with van der Waals surface area (Å²) in [6.07, 6.45) is 1.44. The van der Waals surface area contributed by atoms with Crippen molar-refractivity contribution in [1.82, 2.24) is 15.1 Å². The number of hydrogen-bond donors (Lipinski definition) is 2. The molecule has 2 aliphatic heterocycles. The van der Waals surface area contributed by atoms with E-state index in [-0.39, 0.29) is 29.6 Å². The van der Waals surface area contributed by atoms with Crippen LogP contribution in [0, 0.1) is 0 Å². The van der Waals surface area contributed by atoms with Crippen LogP contribution in [-0.4, -0.2) is 86.2 Å². The Morgan fingerprint density at radius 2 is 1.68 bits per heavy atom. The van der Waals surface area contributed by atoms with Crippen molar-refractivity contribution < 1.29 is 23.5 Å². The summed E-state index contributed by atoms with van der Waals surface area (Å²) in [6.45, 7) is 8.23. The van der Waals surface area contributed by atoms with Crippen LogP contribution in [0.3, 0.4) is 0 Å². The standard InChI is InChI=1S/C24H31N5O5/c1-17(2)25-24(32)29-9-7-27(8-10-29)20-6-5-18(26-22(30)21-4-3-13-34-21)16-19(20)23(31)28-11-14-33-15-12-28/h3-6,13,16-17H,7-12,14-15H2,1-2H3,(H,25,32)(H,26,30). The molecule has 10 nitrogen and oxygen atoms in total. The average Bonchev–Trinajstić information content (AvgIpc) is 3.39. The SMILES string of the molecule is CC(C)NC(=O)N1CCN(c2ccc(NC(=O)c3ccco3)cc2C(=O)N2CCOCC2)CC1. The lowest BCUT2D eigenvalue weighted by molar-refractivity contribution is 0.0303. The minimum absolute atomic E-state index is 0.0738. The van der Waals surface area contributed by atoms with E-state index in [0.29, 0.717) is 63.7 Å². The fraction of sp³-hybridized carbons (Fsp3) is 0.458. The summed E-state index contributed by atoms with van der Waals surface area (Å²) in [5.41, 5.74) is 1.81. The minimum Gasteiger partial charge on any atom is -0.459 e. The fourth-order valence-corrected chi connectivity index (χ4v) is 4.09. The maximum Gasteiger partial charge on any atom is 0.317 e. The van der Waals surface area contributed by atoms with Gasteiger partial charge in [0.1, 0.15) is 0 Å².